The van der Waals surface area contributed by atoms with Crippen LogP contribution in [0.3, 0.4) is 0 Å². The molecule has 0 aliphatic rings. The Labute approximate surface area is 208 Å². The molecule has 0 radical (unpaired) electrons. The first-order valence-electron chi connectivity index (χ1n) is 11.2. The van der Waals surface area contributed by atoms with Crippen LogP contribution in [0.1, 0.15) is 22.7 Å². The van der Waals surface area contributed by atoms with Crippen LogP contribution in [0, 0.1) is 6.92 Å². The second-order valence-corrected chi connectivity index (χ2v) is 10.3. The highest BCUT2D eigenvalue weighted by molar-refractivity contribution is 7.89. The molecule has 1 aromatic heterocycles. The van der Waals surface area contributed by atoms with Crippen LogP contribution in [0.5, 0.6) is 0 Å². The quantitative estimate of drug-likeness (QED) is 0.397. The molecule has 2 N–H and O–H groups in total. The van der Waals surface area contributed by atoms with E-state index in [9.17, 15) is 22.8 Å². The molecule has 9 nitrogen and oxygen atoms in total. The first-order valence-corrected chi connectivity index (χ1v) is 12.7. The molecule has 0 saturated carbocycles. The van der Waals surface area contributed by atoms with Crippen LogP contribution in [0.2, 0.25) is 0 Å². The summed E-state index contributed by atoms with van der Waals surface area (Å²) < 4.78 is 31.4. The molecular formula is C26H26N4O5S. The van der Waals surface area contributed by atoms with Crippen molar-refractivity contribution in [2.75, 3.05) is 0 Å². The Balaban J connectivity index is 1.67. The van der Waals surface area contributed by atoms with E-state index in [-0.39, 0.29) is 16.8 Å². The molecule has 0 fully saturated rings. The number of carbonyl (C=O) groups is 1. The Morgan fingerprint density at radius 1 is 0.917 bits per heavy atom. The van der Waals surface area contributed by atoms with E-state index in [2.05, 4.69) is 10.0 Å². The van der Waals surface area contributed by atoms with Gasteiger partial charge in [-0.3, -0.25) is 18.7 Å². The van der Waals surface area contributed by atoms with Gasteiger partial charge in [0, 0.05) is 20.6 Å². The molecule has 4 aromatic rings. The minimum Gasteiger partial charge on any atom is -0.350 e. The molecule has 1 heterocycles. The number of aryl methyl sites for hydroxylation is 2. The third kappa shape index (κ3) is 5.00. The molecule has 36 heavy (non-hydrogen) atoms. The highest BCUT2D eigenvalue weighted by atomic mass is 32.2. The number of nitrogens with one attached hydrogen (secondary N) is 2. The summed E-state index contributed by atoms with van der Waals surface area (Å²) in [6.45, 7) is 2.19. The summed E-state index contributed by atoms with van der Waals surface area (Å²) in [6, 6.07) is 18.9. The van der Waals surface area contributed by atoms with Crippen molar-refractivity contribution in [2.24, 2.45) is 14.1 Å². The van der Waals surface area contributed by atoms with Gasteiger partial charge < -0.3 is 5.32 Å². The first kappa shape index (κ1) is 25.1. The number of nitrogens with zero attached hydrogens (tertiary/aromatic N) is 2. The maximum absolute atomic E-state index is 13.4. The molecule has 1 atom stereocenters. The molecule has 10 heteroatoms. The fourth-order valence-electron chi connectivity index (χ4n) is 3.88. The van der Waals surface area contributed by atoms with Crippen LogP contribution in [0.4, 0.5) is 0 Å². The number of rotatable bonds is 7. The first-order chi connectivity index (χ1) is 17.1. The number of hydrogen-bond acceptors (Lipinski definition) is 5. The predicted molar refractivity (Wildman–Crippen MR) is 137 cm³/mol. The van der Waals surface area contributed by atoms with E-state index in [1.165, 1.54) is 36.9 Å². The van der Waals surface area contributed by atoms with Crippen molar-refractivity contribution >= 4 is 26.8 Å². The van der Waals surface area contributed by atoms with Gasteiger partial charge in [0.05, 0.1) is 15.8 Å². The van der Waals surface area contributed by atoms with E-state index in [1.54, 1.807) is 30.3 Å². The number of fused-ring (bicyclic) bond motifs is 1. The second kappa shape index (κ2) is 9.92. The van der Waals surface area contributed by atoms with Crippen LogP contribution < -0.4 is 21.3 Å². The molecule has 0 unspecified atom stereocenters. The zero-order valence-corrected chi connectivity index (χ0v) is 20.9. The van der Waals surface area contributed by atoms with Crippen molar-refractivity contribution in [3.05, 3.63) is 110 Å². The molecule has 1 amide bonds. The molecule has 0 spiro atoms. The molecule has 0 aliphatic heterocycles. The van der Waals surface area contributed by atoms with Crippen LogP contribution in [-0.2, 0) is 35.5 Å². The van der Waals surface area contributed by atoms with E-state index >= 15 is 0 Å². The summed E-state index contributed by atoms with van der Waals surface area (Å²) in [4.78, 5) is 37.8. The van der Waals surface area contributed by atoms with Gasteiger partial charge in [0.1, 0.15) is 6.04 Å². The maximum Gasteiger partial charge on any atom is 0.330 e. The van der Waals surface area contributed by atoms with E-state index in [0.717, 1.165) is 15.7 Å². The van der Waals surface area contributed by atoms with Crippen molar-refractivity contribution in [2.45, 2.75) is 24.4 Å². The Morgan fingerprint density at radius 3 is 2.25 bits per heavy atom. The van der Waals surface area contributed by atoms with Crippen molar-refractivity contribution in [1.82, 2.24) is 19.2 Å². The number of aromatic nitrogens is 2. The highest BCUT2D eigenvalue weighted by Crippen LogP contribution is 2.20. The average molecular weight is 507 g/mol. The van der Waals surface area contributed by atoms with Crippen molar-refractivity contribution in [3.63, 3.8) is 0 Å². The average Bonchev–Trinajstić information content (AvgIpc) is 2.89. The highest BCUT2D eigenvalue weighted by Gasteiger charge is 2.28. The summed E-state index contributed by atoms with van der Waals surface area (Å²) in [6.07, 6.45) is 0. The van der Waals surface area contributed by atoms with E-state index < -0.39 is 33.2 Å². The monoisotopic (exact) mass is 506 g/mol. The van der Waals surface area contributed by atoms with Crippen molar-refractivity contribution in [3.8, 4) is 0 Å². The van der Waals surface area contributed by atoms with Gasteiger partial charge in [-0.25, -0.2) is 13.2 Å². The SMILES string of the molecule is Cc1ccc(CNC(=O)[C@H](NS(=O)(=O)c2ccc3c(c2)c(=O)n(C)c(=O)n3C)c2ccccc2)cc1. The standard InChI is InChI=1S/C26H26N4O5S/c1-17-9-11-18(12-10-17)16-27-24(31)23(19-7-5-4-6-8-19)28-36(34,35)20-13-14-22-21(15-20)25(32)30(3)26(33)29(22)2/h4-15,23,28H,16H2,1-3H3,(H,27,31)/t23-/m1/s1. The van der Waals surface area contributed by atoms with Crippen LogP contribution in [0.25, 0.3) is 10.9 Å². The minimum absolute atomic E-state index is 0.0718. The molecule has 0 bridgehead atoms. The third-order valence-corrected chi connectivity index (χ3v) is 7.42. The van der Waals surface area contributed by atoms with Gasteiger partial charge in [0.15, 0.2) is 0 Å². The minimum atomic E-state index is -4.23. The summed E-state index contributed by atoms with van der Waals surface area (Å²) in [5.41, 5.74) is 1.60. The van der Waals surface area contributed by atoms with Gasteiger partial charge in [-0.1, -0.05) is 60.2 Å². The number of amides is 1. The van der Waals surface area contributed by atoms with Crippen molar-refractivity contribution in [1.29, 1.82) is 0 Å². The summed E-state index contributed by atoms with van der Waals surface area (Å²) in [7, 11) is -1.40. The normalized spacial score (nSPS) is 12.4. The van der Waals surface area contributed by atoms with Gasteiger partial charge in [-0.15, -0.1) is 0 Å². The summed E-state index contributed by atoms with van der Waals surface area (Å²) >= 11 is 0. The van der Waals surface area contributed by atoms with Crippen LogP contribution in [0.15, 0.2) is 87.3 Å². The molecule has 186 valence electrons. The number of hydrogen-bond donors (Lipinski definition) is 2. The Morgan fingerprint density at radius 2 is 1.58 bits per heavy atom. The van der Waals surface area contributed by atoms with E-state index in [4.69, 9.17) is 0 Å². The zero-order valence-electron chi connectivity index (χ0n) is 20.1. The number of sulfonamides is 1. The van der Waals surface area contributed by atoms with Crippen LogP contribution >= 0.6 is 0 Å². The fourth-order valence-corrected chi connectivity index (χ4v) is 5.09. The van der Waals surface area contributed by atoms with E-state index in [0.29, 0.717) is 11.1 Å². The lowest BCUT2D eigenvalue weighted by atomic mass is 10.1. The summed E-state index contributed by atoms with van der Waals surface area (Å²) in [5, 5.41) is 2.87. The zero-order chi connectivity index (χ0) is 26.0. The number of benzene rings is 3. The van der Waals surface area contributed by atoms with Gasteiger partial charge in [-0.2, -0.15) is 4.72 Å². The Bertz CT molecular complexity index is 1660. The largest absolute Gasteiger partial charge is 0.350 e. The van der Waals surface area contributed by atoms with Gasteiger partial charge in [0.25, 0.3) is 5.56 Å². The molecular weight excluding hydrogens is 480 g/mol. The predicted octanol–water partition coefficient (Wildman–Crippen LogP) is 1.88. The fraction of sp³-hybridized carbons (Fsp3) is 0.192. The molecule has 3 aromatic carbocycles. The molecule has 0 aliphatic carbocycles. The van der Waals surface area contributed by atoms with Gasteiger partial charge >= 0.3 is 5.69 Å². The van der Waals surface area contributed by atoms with Crippen LogP contribution in [-0.4, -0.2) is 23.5 Å². The molecule has 0 saturated heterocycles. The number of carbonyl (C=O) groups excluding carboxylic acids is 1. The maximum atomic E-state index is 13.4. The second-order valence-electron chi connectivity index (χ2n) is 8.55. The lowest BCUT2D eigenvalue weighted by Crippen LogP contribution is -2.40. The third-order valence-electron chi connectivity index (χ3n) is 6.00. The van der Waals surface area contributed by atoms with Crippen molar-refractivity contribution < 1.29 is 13.2 Å². The topological polar surface area (TPSA) is 119 Å². The lowest BCUT2D eigenvalue weighted by Gasteiger charge is -2.19. The van der Waals surface area contributed by atoms with E-state index in [1.807, 2.05) is 31.2 Å². The summed E-state index contributed by atoms with van der Waals surface area (Å²) in [5.74, 6) is -0.524. The lowest BCUT2D eigenvalue weighted by molar-refractivity contribution is -0.123. The smallest absolute Gasteiger partial charge is 0.330 e. The van der Waals surface area contributed by atoms with Gasteiger partial charge in [-0.05, 0) is 36.2 Å². The Hall–Kier alpha value is -4.02. The Kier molecular flexibility index (Phi) is 6.91. The van der Waals surface area contributed by atoms with Gasteiger partial charge in [0.2, 0.25) is 15.9 Å². The molecule has 4 rings (SSSR count).